The first-order valence-corrected chi connectivity index (χ1v) is 6.42. The van der Waals surface area contributed by atoms with E-state index in [0.29, 0.717) is 17.8 Å². The molecular formula is C15H25NO. The van der Waals surface area contributed by atoms with Gasteiger partial charge < -0.3 is 5.11 Å². The van der Waals surface area contributed by atoms with Crippen molar-refractivity contribution >= 4 is 0 Å². The quantitative estimate of drug-likeness (QED) is 0.863. The molecule has 0 saturated carbocycles. The minimum absolute atomic E-state index is 0.442. The van der Waals surface area contributed by atoms with Crippen LogP contribution in [-0.2, 0) is 5.60 Å². The molecule has 0 atom stereocenters. The van der Waals surface area contributed by atoms with E-state index in [1.54, 1.807) is 6.20 Å². The second-order valence-electron chi connectivity index (χ2n) is 6.04. The molecule has 1 aromatic rings. The van der Waals surface area contributed by atoms with Crippen LogP contribution in [0.4, 0.5) is 0 Å². The van der Waals surface area contributed by atoms with Crippen molar-refractivity contribution < 1.29 is 5.11 Å². The van der Waals surface area contributed by atoms with E-state index in [2.05, 4.69) is 32.7 Å². The molecule has 0 aromatic carbocycles. The maximum atomic E-state index is 10.0. The van der Waals surface area contributed by atoms with Gasteiger partial charge in [0.25, 0.3) is 0 Å². The van der Waals surface area contributed by atoms with Crippen molar-refractivity contribution in [2.24, 2.45) is 11.8 Å². The van der Waals surface area contributed by atoms with Gasteiger partial charge in [-0.15, -0.1) is 0 Å². The summed E-state index contributed by atoms with van der Waals surface area (Å²) >= 11 is 0. The predicted octanol–water partition coefficient (Wildman–Crippen LogP) is 3.70. The Hall–Kier alpha value is -0.890. The van der Waals surface area contributed by atoms with Gasteiger partial charge in [0.05, 0.1) is 5.60 Å². The van der Waals surface area contributed by atoms with Crippen LogP contribution in [0.1, 0.15) is 58.7 Å². The van der Waals surface area contributed by atoms with Gasteiger partial charge >= 0.3 is 0 Å². The van der Waals surface area contributed by atoms with E-state index in [1.165, 1.54) is 0 Å². The zero-order valence-corrected chi connectivity index (χ0v) is 11.9. The first-order chi connectivity index (χ1) is 7.73. The lowest BCUT2D eigenvalue weighted by molar-refractivity contribution is 0.0783. The van der Waals surface area contributed by atoms with Crippen molar-refractivity contribution in [3.05, 3.63) is 29.6 Å². The van der Waals surface area contributed by atoms with E-state index in [-0.39, 0.29) is 0 Å². The van der Waals surface area contributed by atoms with Gasteiger partial charge in [-0.3, -0.25) is 4.98 Å². The fourth-order valence-corrected chi connectivity index (χ4v) is 2.46. The highest BCUT2D eigenvalue weighted by atomic mass is 16.3. The normalized spacial score (nSPS) is 12.8. The van der Waals surface area contributed by atoms with Crippen LogP contribution in [0, 0.1) is 11.8 Å². The van der Waals surface area contributed by atoms with E-state index in [1.807, 2.05) is 26.0 Å². The lowest BCUT2D eigenvalue weighted by atomic mass is 9.81. The molecule has 0 radical (unpaired) electrons. The molecule has 1 rings (SSSR count). The zero-order chi connectivity index (χ0) is 13.2. The average molecular weight is 235 g/mol. The SMILES string of the molecule is CC(C)C(c1cc(C(C)(C)O)ccn1)C(C)C. The van der Waals surface area contributed by atoms with E-state index in [4.69, 9.17) is 0 Å². The molecule has 0 aliphatic rings. The maximum Gasteiger partial charge on any atom is 0.0841 e. The van der Waals surface area contributed by atoms with Gasteiger partial charge in [-0.2, -0.15) is 0 Å². The number of hydrogen-bond donors (Lipinski definition) is 1. The van der Waals surface area contributed by atoms with Crippen LogP contribution in [0.15, 0.2) is 18.3 Å². The highest BCUT2D eigenvalue weighted by Crippen LogP contribution is 2.32. The lowest BCUT2D eigenvalue weighted by Crippen LogP contribution is -2.19. The molecule has 2 heteroatoms. The molecule has 96 valence electrons. The number of aliphatic hydroxyl groups is 1. The zero-order valence-electron chi connectivity index (χ0n) is 11.9. The summed E-state index contributed by atoms with van der Waals surface area (Å²) in [5.41, 5.74) is 1.24. The van der Waals surface area contributed by atoms with Crippen LogP contribution in [0.2, 0.25) is 0 Å². The maximum absolute atomic E-state index is 10.0. The van der Waals surface area contributed by atoms with Crippen LogP contribution in [0.25, 0.3) is 0 Å². The molecule has 0 saturated heterocycles. The minimum atomic E-state index is -0.795. The topological polar surface area (TPSA) is 33.1 Å². The Morgan fingerprint density at radius 2 is 1.65 bits per heavy atom. The number of nitrogens with zero attached hydrogens (tertiary/aromatic N) is 1. The Balaban J connectivity index is 3.14. The standard InChI is InChI=1S/C15H25NO/c1-10(2)14(11(3)4)13-9-12(7-8-16-13)15(5,6)17/h7-11,14,17H,1-6H3. The largest absolute Gasteiger partial charge is 0.386 e. The Labute approximate surface area is 105 Å². The van der Waals surface area contributed by atoms with Crippen LogP contribution in [-0.4, -0.2) is 10.1 Å². The number of rotatable bonds is 4. The van der Waals surface area contributed by atoms with Crippen LogP contribution >= 0.6 is 0 Å². The molecule has 0 aliphatic heterocycles. The number of aromatic nitrogens is 1. The molecule has 0 fully saturated rings. The summed E-state index contributed by atoms with van der Waals surface area (Å²) in [7, 11) is 0. The number of pyridine rings is 1. The summed E-state index contributed by atoms with van der Waals surface area (Å²) in [4.78, 5) is 4.48. The Bertz CT molecular complexity index is 355. The summed E-state index contributed by atoms with van der Waals surface area (Å²) in [5, 5.41) is 10.0. The fourth-order valence-electron chi connectivity index (χ4n) is 2.46. The molecule has 17 heavy (non-hydrogen) atoms. The van der Waals surface area contributed by atoms with E-state index in [0.717, 1.165) is 11.3 Å². The van der Waals surface area contributed by atoms with Crippen LogP contribution < -0.4 is 0 Å². The van der Waals surface area contributed by atoms with Crippen molar-refractivity contribution in [1.82, 2.24) is 4.98 Å². The van der Waals surface area contributed by atoms with Crippen LogP contribution in [0.3, 0.4) is 0 Å². The molecular weight excluding hydrogens is 210 g/mol. The average Bonchev–Trinajstić information content (AvgIpc) is 2.15. The molecule has 2 nitrogen and oxygen atoms in total. The van der Waals surface area contributed by atoms with Gasteiger partial charge in [0.15, 0.2) is 0 Å². The van der Waals surface area contributed by atoms with Gasteiger partial charge in [-0.1, -0.05) is 27.7 Å². The summed E-state index contributed by atoms with van der Waals surface area (Å²) in [6, 6.07) is 3.94. The third kappa shape index (κ3) is 3.53. The van der Waals surface area contributed by atoms with Gasteiger partial charge in [-0.25, -0.2) is 0 Å². The van der Waals surface area contributed by atoms with Crippen LogP contribution in [0.5, 0.6) is 0 Å². The van der Waals surface area contributed by atoms with E-state index >= 15 is 0 Å². The van der Waals surface area contributed by atoms with Gasteiger partial charge in [0.2, 0.25) is 0 Å². The molecule has 0 amide bonds. The summed E-state index contributed by atoms with van der Waals surface area (Å²) in [5.74, 6) is 1.55. The third-order valence-electron chi connectivity index (χ3n) is 3.27. The molecule has 0 spiro atoms. The molecule has 0 aliphatic carbocycles. The van der Waals surface area contributed by atoms with Crippen molar-refractivity contribution in [3.8, 4) is 0 Å². The highest BCUT2D eigenvalue weighted by Gasteiger charge is 2.23. The van der Waals surface area contributed by atoms with Gasteiger partial charge in [-0.05, 0) is 43.4 Å². The third-order valence-corrected chi connectivity index (χ3v) is 3.27. The van der Waals surface area contributed by atoms with Crippen molar-refractivity contribution in [3.63, 3.8) is 0 Å². The first-order valence-electron chi connectivity index (χ1n) is 6.42. The van der Waals surface area contributed by atoms with Gasteiger partial charge in [0.1, 0.15) is 0 Å². The second-order valence-corrected chi connectivity index (χ2v) is 6.04. The Morgan fingerprint density at radius 1 is 1.12 bits per heavy atom. The van der Waals surface area contributed by atoms with E-state index < -0.39 is 5.60 Å². The Morgan fingerprint density at radius 3 is 2.06 bits per heavy atom. The minimum Gasteiger partial charge on any atom is -0.386 e. The number of hydrogen-bond acceptors (Lipinski definition) is 2. The Kier molecular flexibility index (Phi) is 4.31. The molecule has 1 N–H and O–H groups in total. The highest BCUT2D eigenvalue weighted by molar-refractivity contribution is 5.24. The molecule has 1 aromatic heterocycles. The second kappa shape index (κ2) is 5.18. The smallest absolute Gasteiger partial charge is 0.0841 e. The summed E-state index contributed by atoms with van der Waals surface area (Å²) in [6.07, 6.45) is 1.81. The predicted molar refractivity (Wildman–Crippen MR) is 71.9 cm³/mol. The van der Waals surface area contributed by atoms with Gasteiger partial charge in [0, 0.05) is 17.8 Å². The van der Waals surface area contributed by atoms with Crippen molar-refractivity contribution in [2.45, 2.75) is 53.1 Å². The molecule has 0 unspecified atom stereocenters. The lowest BCUT2D eigenvalue weighted by Gasteiger charge is -2.26. The fraction of sp³-hybridized carbons (Fsp3) is 0.667. The van der Waals surface area contributed by atoms with E-state index in [9.17, 15) is 5.11 Å². The molecule has 1 heterocycles. The van der Waals surface area contributed by atoms with Crippen molar-refractivity contribution in [1.29, 1.82) is 0 Å². The summed E-state index contributed by atoms with van der Waals surface area (Å²) < 4.78 is 0. The summed E-state index contributed by atoms with van der Waals surface area (Å²) in [6.45, 7) is 12.5. The monoisotopic (exact) mass is 235 g/mol. The van der Waals surface area contributed by atoms with Crippen molar-refractivity contribution in [2.75, 3.05) is 0 Å². The molecule has 0 bridgehead atoms. The first kappa shape index (κ1) is 14.2.